The molecule has 0 fully saturated rings. The summed E-state index contributed by atoms with van der Waals surface area (Å²) in [5.74, 6) is 2.14. The van der Waals surface area contributed by atoms with E-state index in [2.05, 4.69) is 25.6 Å². The van der Waals surface area contributed by atoms with Gasteiger partial charge in [0.2, 0.25) is 24.0 Å². The molecular weight excluding hydrogens is 270 g/mol. The molecule has 2 aromatic rings. The van der Waals surface area contributed by atoms with Crippen LogP contribution in [-0.4, -0.2) is 28.8 Å². The normalized spacial score (nSPS) is 12.3. The molecule has 2 N–H and O–H groups in total. The van der Waals surface area contributed by atoms with Crippen LogP contribution in [0.3, 0.4) is 0 Å². The summed E-state index contributed by atoms with van der Waals surface area (Å²) >= 11 is 5.80. The van der Waals surface area contributed by atoms with Crippen molar-refractivity contribution >= 4 is 29.2 Å². The van der Waals surface area contributed by atoms with E-state index in [-0.39, 0.29) is 12.1 Å². The monoisotopic (exact) mass is 279 g/mol. The Kier molecular flexibility index (Phi) is 2.96. The molecule has 1 aromatic carbocycles. The van der Waals surface area contributed by atoms with Crippen molar-refractivity contribution in [2.45, 2.75) is 0 Å². The Morgan fingerprint density at radius 1 is 1.11 bits per heavy atom. The molecule has 0 aliphatic carbocycles. The van der Waals surface area contributed by atoms with E-state index in [1.165, 1.54) is 0 Å². The lowest BCUT2D eigenvalue weighted by Crippen LogP contribution is -2.03. The van der Waals surface area contributed by atoms with E-state index in [0.717, 1.165) is 11.4 Å². The quantitative estimate of drug-likeness (QED) is 0.890. The summed E-state index contributed by atoms with van der Waals surface area (Å²) in [4.78, 5) is 12.0. The van der Waals surface area contributed by atoms with Gasteiger partial charge in [0.1, 0.15) is 0 Å². The molecule has 0 saturated carbocycles. The van der Waals surface area contributed by atoms with Crippen molar-refractivity contribution in [3.8, 4) is 11.5 Å². The zero-order valence-corrected chi connectivity index (χ0v) is 10.7. The number of nitrogens with one attached hydrogen (secondary N) is 2. The Balaban J connectivity index is 1.86. The highest BCUT2D eigenvalue weighted by Crippen LogP contribution is 2.34. The first kappa shape index (κ1) is 11.8. The van der Waals surface area contributed by atoms with E-state index in [0.29, 0.717) is 17.6 Å². The van der Waals surface area contributed by atoms with Crippen LogP contribution in [0.1, 0.15) is 0 Å². The predicted molar refractivity (Wildman–Crippen MR) is 70.2 cm³/mol. The lowest BCUT2D eigenvalue weighted by atomic mass is 10.3. The van der Waals surface area contributed by atoms with Crippen molar-refractivity contribution < 1.29 is 9.47 Å². The van der Waals surface area contributed by atoms with Gasteiger partial charge in [-0.05, 0) is 23.7 Å². The highest BCUT2D eigenvalue weighted by Gasteiger charge is 2.13. The van der Waals surface area contributed by atoms with Crippen LogP contribution >= 0.6 is 11.6 Å². The molecule has 1 aliphatic rings. The zero-order valence-electron chi connectivity index (χ0n) is 9.98. The number of fused-ring (bicyclic) bond motifs is 1. The summed E-state index contributed by atoms with van der Waals surface area (Å²) < 4.78 is 10.5. The fourth-order valence-corrected chi connectivity index (χ4v) is 1.78. The summed E-state index contributed by atoms with van der Waals surface area (Å²) in [7, 11) is 1.70. The van der Waals surface area contributed by atoms with Crippen molar-refractivity contribution in [3.05, 3.63) is 23.5 Å². The molecule has 0 saturated heterocycles. The maximum absolute atomic E-state index is 5.80. The van der Waals surface area contributed by atoms with E-state index in [1.807, 2.05) is 12.1 Å². The maximum Gasteiger partial charge on any atom is 0.233 e. The Bertz CT molecular complexity index is 622. The number of aromatic nitrogens is 3. The molecule has 98 valence electrons. The van der Waals surface area contributed by atoms with Gasteiger partial charge >= 0.3 is 0 Å². The smallest absolute Gasteiger partial charge is 0.233 e. The summed E-state index contributed by atoms with van der Waals surface area (Å²) in [5, 5.41) is 5.94. The standard InChI is InChI=1S/C11H10ClN5O2/c1-13-10-15-9(12)16-11(17-10)14-6-2-3-7-8(4-6)19-5-18-7/h2-4H,5H2,1H3,(H2,13,14,15,16,17). The van der Waals surface area contributed by atoms with Crippen LogP contribution in [-0.2, 0) is 0 Å². The first-order valence-corrected chi connectivity index (χ1v) is 5.88. The van der Waals surface area contributed by atoms with Crippen LogP contribution in [0.2, 0.25) is 5.28 Å². The van der Waals surface area contributed by atoms with Crippen molar-refractivity contribution in [1.82, 2.24) is 15.0 Å². The van der Waals surface area contributed by atoms with Crippen molar-refractivity contribution in [2.75, 3.05) is 24.5 Å². The Morgan fingerprint density at radius 3 is 2.74 bits per heavy atom. The molecule has 1 aliphatic heterocycles. The van der Waals surface area contributed by atoms with Crippen LogP contribution in [0.25, 0.3) is 0 Å². The van der Waals surface area contributed by atoms with E-state index in [1.54, 1.807) is 13.1 Å². The Hall–Kier alpha value is -2.28. The first-order valence-electron chi connectivity index (χ1n) is 5.50. The van der Waals surface area contributed by atoms with Gasteiger partial charge in [0.15, 0.2) is 11.5 Å². The van der Waals surface area contributed by atoms with Gasteiger partial charge in [0, 0.05) is 18.8 Å². The van der Waals surface area contributed by atoms with Gasteiger partial charge in [-0.25, -0.2) is 0 Å². The summed E-state index contributed by atoms with van der Waals surface area (Å²) in [6.07, 6.45) is 0. The van der Waals surface area contributed by atoms with E-state index >= 15 is 0 Å². The largest absolute Gasteiger partial charge is 0.454 e. The second kappa shape index (κ2) is 4.77. The predicted octanol–water partition coefficient (Wildman–Crippen LogP) is 2.04. The maximum atomic E-state index is 5.80. The Morgan fingerprint density at radius 2 is 1.89 bits per heavy atom. The highest BCUT2D eigenvalue weighted by molar-refractivity contribution is 6.28. The lowest BCUT2D eigenvalue weighted by molar-refractivity contribution is 0.174. The third-order valence-corrected chi connectivity index (χ3v) is 2.63. The molecule has 0 unspecified atom stereocenters. The van der Waals surface area contributed by atoms with Gasteiger partial charge in [0.05, 0.1) is 0 Å². The SMILES string of the molecule is CNc1nc(Cl)nc(Nc2ccc3c(c2)OCO3)n1. The number of rotatable bonds is 3. The third kappa shape index (κ3) is 2.45. The molecule has 8 heteroatoms. The summed E-state index contributed by atoms with van der Waals surface area (Å²) in [6, 6.07) is 5.45. The van der Waals surface area contributed by atoms with Gasteiger partial charge in [-0.15, -0.1) is 0 Å². The van der Waals surface area contributed by atoms with Crippen molar-refractivity contribution in [3.63, 3.8) is 0 Å². The molecule has 0 bridgehead atoms. The van der Waals surface area contributed by atoms with Gasteiger partial charge < -0.3 is 20.1 Å². The molecule has 1 aromatic heterocycles. The second-order valence-electron chi connectivity index (χ2n) is 3.69. The minimum atomic E-state index is 0.114. The molecule has 0 atom stereocenters. The van der Waals surface area contributed by atoms with Crippen LogP contribution in [0.5, 0.6) is 11.5 Å². The molecule has 3 rings (SSSR count). The van der Waals surface area contributed by atoms with E-state index in [9.17, 15) is 0 Å². The zero-order chi connectivity index (χ0) is 13.2. The number of benzene rings is 1. The number of anilines is 3. The van der Waals surface area contributed by atoms with Crippen molar-refractivity contribution in [1.29, 1.82) is 0 Å². The van der Waals surface area contributed by atoms with Gasteiger partial charge in [0.25, 0.3) is 0 Å². The summed E-state index contributed by atoms with van der Waals surface area (Å²) in [6.45, 7) is 0.236. The van der Waals surface area contributed by atoms with Gasteiger partial charge in [-0.2, -0.15) is 15.0 Å². The van der Waals surface area contributed by atoms with E-state index < -0.39 is 0 Å². The average Bonchev–Trinajstić information content (AvgIpc) is 2.85. The van der Waals surface area contributed by atoms with Gasteiger partial charge in [-0.1, -0.05) is 0 Å². The van der Waals surface area contributed by atoms with Crippen LogP contribution < -0.4 is 20.1 Å². The number of hydrogen-bond acceptors (Lipinski definition) is 7. The molecule has 19 heavy (non-hydrogen) atoms. The topological polar surface area (TPSA) is 81.2 Å². The van der Waals surface area contributed by atoms with Gasteiger partial charge in [-0.3, -0.25) is 0 Å². The second-order valence-corrected chi connectivity index (χ2v) is 4.03. The van der Waals surface area contributed by atoms with Crippen molar-refractivity contribution in [2.24, 2.45) is 0 Å². The molecule has 0 spiro atoms. The minimum Gasteiger partial charge on any atom is -0.454 e. The molecule has 0 amide bonds. The first-order chi connectivity index (χ1) is 9.24. The minimum absolute atomic E-state index is 0.114. The third-order valence-electron chi connectivity index (χ3n) is 2.46. The highest BCUT2D eigenvalue weighted by atomic mass is 35.5. The van der Waals surface area contributed by atoms with Crippen LogP contribution in [0.15, 0.2) is 18.2 Å². The Labute approximate surface area is 114 Å². The lowest BCUT2D eigenvalue weighted by Gasteiger charge is -2.07. The van der Waals surface area contributed by atoms with E-state index in [4.69, 9.17) is 21.1 Å². The average molecular weight is 280 g/mol. The molecule has 0 radical (unpaired) electrons. The fraction of sp³-hybridized carbons (Fsp3) is 0.182. The number of halogens is 1. The van der Waals surface area contributed by atoms with Crippen LogP contribution in [0, 0.1) is 0 Å². The molecule has 7 nitrogen and oxygen atoms in total. The number of nitrogens with zero attached hydrogens (tertiary/aromatic N) is 3. The number of ether oxygens (including phenoxy) is 2. The number of hydrogen-bond donors (Lipinski definition) is 2. The molecule has 2 heterocycles. The summed E-state index contributed by atoms with van der Waals surface area (Å²) in [5.41, 5.74) is 0.772. The van der Waals surface area contributed by atoms with Crippen LogP contribution in [0.4, 0.5) is 17.6 Å². The molecular formula is C11H10ClN5O2. The fourth-order valence-electron chi connectivity index (χ4n) is 1.62.